The molecule has 0 aliphatic heterocycles. The van der Waals surface area contributed by atoms with Crippen LogP contribution in [-0.2, 0) is 4.79 Å². The molecule has 0 spiro atoms. The van der Waals surface area contributed by atoms with Crippen LogP contribution >= 0.6 is 0 Å². The van der Waals surface area contributed by atoms with Gasteiger partial charge in [-0.3, -0.25) is 4.79 Å². The molecule has 0 atom stereocenters. The van der Waals surface area contributed by atoms with E-state index in [2.05, 4.69) is 6.92 Å². The molecular formula is C25H50O2. The molecule has 1 aliphatic carbocycles. The van der Waals surface area contributed by atoms with Crippen molar-refractivity contribution in [2.45, 2.75) is 148 Å². The number of hydrogen-bond donors (Lipinski definition) is 1. The van der Waals surface area contributed by atoms with Crippen molar-refractivity contribution in [2.75, 3.05) is 6.61 Å². The van der Waals surface area contributed by atoms with Gasteiger partial charge in [0.15, 0.2) is 0 Å². The molecule has 1 rings (SSSR count). The van der Waals surface area contributed by atoms with Crippen LogP contribution in [-0.4, -0.2) is 17.5 Å². The summed E-state index contributed by atoms with van der Waals surface area (Å²) in [6, 6.07) is 0. The van der Waals surface area contributed by atoms with Crippen LogP contribution in [0.2, 0.25) is 0 Å². The first kappa shape index (κ1) is 26.6. The van der Waals surface area contributed by atoms with Gasteiger partial charge >= 0.3 is 0 Å². The minimum absolute atomic E-state index is 0.370. The summed E-state index contributed by atoms with van der Waals surface area (Å²) in [5.74, 6) is 0.509. The third-order valence-electron chi connectivity index (χ3n) is 5.67. The molecule has 0 aromatic carbocycles. The molecule has 2 heteroatoms. The number of rotatable bonds is 8. The fraction of sp³-hybridized carbons (Fsp3) is 0.960. The molecule has 1 N–H and O–H groups in total. The molecule has 0 radical (unpaired) electrons. The van der Waals surface area contributed by atoms with Crippen LogP contribution in [0.15, 0.2) is 0 Å². The zero-order valence-electron chi connectivity index (χ0n) is 18.6. The number of ketones is 1. The maximum Gasteiger partial charge on any atom is 0.132 e. The molecule has 1 saturated carbocycles. The fourth-order valence-corrected chi connectivity index (χ4v) is 3.78. The molecule has 2 nitrogen and oxygen atoms in total. The van der Waals surface area contributed by atoms with Crippen LogP contribution in [0.1, 0.15) is 148 Å². The molecule has 0 saturated heterocycles. The lowest BCUT2D eigenvalue weighted by Gasteiger charge is -2.01. The van der Waals surface area contributed by atoms with Crippen molar-refractivity contribution >= 4 is 5.78 Å². The molecule has 0 bridgehead atoms. The molecule has 27 heavy (non-hydrogen) atoms. The van der Waals surface area contributed by atoms with Crippen molar-refractivity contribution in [3.05, 3.63) is 0 Å². The van der Waals surface area contributed by atoms with Gasteiger partial charge in [0, 0.05) is 19.4 Å². The zero-order valence-corrected chi connectivity index (χ0v) is 18.6. The lowest BCUT2D eigenvalue weighted by molar-refractivity contribution is -0.119. The van der Waals surface area contributed by atoms with Gasteiger partial charge in [-0.2, -0.15) is 0 Å². The Bertz CT molecular complexity index is 262. The minimum atomic E-state index is 0.370. The lowest BCUT2D eigenvalue weighted by atomic mass is 10.0. The van der Waals surface area contributed by atoms with Gasteiger partial charge in [-0.15, -0.1) is 0 Å². The van der Waals surface area contributed by atoms with Crippen LogP contribution in [0.25, 0.3) is 0 Å². The molecule has 0 amide bonds. The maximum absolute atomic E-state index is 11.5. The number of carbonyl (C=O) groups is 1. The van der Waals surface area contributed by atoms with Gasteiger partial charge in [0.2, 0.25) is 0 Å². The summed E-state index contributed by atoms with van der Waals surface area (Å²) < 4.78 is 0. The minimum Gasteiger partial charge on any atom is -0.396 e. The van der Waals surface area contributed by atoms with Gasteiger partial charge in [-0.05, 0) is 19.3 Å². The normalized spacial score (nSPS) is 18.1. The Labute approximate surface area is 170 Å². The molecular weight excluding hydrogens is 332 g/mol. The monoisotopic (exact) mass is 382 g/mol. The van der Waals surface area contributed by atoms with E-state index in [1.54, 1.807) is 0 Å². The first-order valence-corrected chi connectivity index (χ1v) is 12.4. The average molecular weight is 383 g/mol. The second-order valence-electron chi connectivity index (χ2n) is 8.48. The molecule has 0 unspecified atom stereocenters. The van der Waals surface area contributed by atoms with E-state index in [0.29, 0.717) is 12.4 Å². The first-order valence-electron chi connectivity index (χ1n) is 12.4. The van der Waals surface area contributed by atoms with E-state index in [1.807, 2.05) is 0 Å². The van der Waals surface area contributed by atoms with E-state index in [-0.39, 0.29) is 0 Å². The second-order valence-corrected chi connectivity index (χ2v) is 8.48. The van der Waals surface area contributed by atoms with E-state index >= 15 is 0 Å². The number of aliphatic hydroxyl groups is 1. The smallest absolute Gasteiger partial charge is 0.132 e. The van der Waals surface area contributed by atoms with Crippen molar-refractivity contribution < 1.29 is 9.90 Å². The van der Waals surface area contributed by atoms with Crippen LogP contribution in [0, 0.1) is 0 Å². The fourth-order valence-electron chi connectivity index (χ4n) is 3.78. The summed E-state index contributed by atoms with van der Waals surface area (Å²) >= 11 is 0. The molecule has 0 aromatic heterocycles. The van der Waals surface area contributed by atoms with Gasteiger partial charge < -0.3 is 5.11 Å². The van der Waals surface area contributed by atoms with Crippen LogP contribution < -0.4 is 0 Å². The number of Topliss-reactive ketones (excluding diaryl/α,β-unsaturated/α-hetero) is 1. The largest absolute Gasteiger partial charge is 0.396 e. The van der Waals surface area contributed by atoms with E-state index in [0.717, 1.165) is 32.1 Å². The topological polar surface area (TPSA) is 37.3 Å². The molecule has 1 aliphatic rings. The van der Waals surface area contributed by atoms with Crippen molar-refractivity contribution in [1.82, 2.24) is 0 Å². The first-order chi connectivity index (χ1) is 13.3. The maximum atomic E-state index is 11.5. The summed E-state index contributed by atoms with van der Waals surface area (Å²) in [5, 5.41) is 8.51. The Morgan fingerprint density at radius 1 is 0.556 bits per heavy atom. The van der Waals surface area contributed by atoms with Gasteiger partial charge in [-0.1, -0.05) is 116 Å². The van der Waals surface area contributed by atoms with E-state index < -0.39 is 0 Å². The Morgan fingerprint density at radius 2 is 0.889 bits per heavy atom. The highest BCUT2D eigenvalue weighted by molar-refractivity contribution is 5.78. The predicted octanol–water partition coefficient (Wildman–Crippen LogP) is 8.15. The van der Waals surface area contributed by atoms with Crippen LogP contribution in [0.4, 0.5) is 0 Å². The standard InChI is InChI=1S/C15H28O.C10H22O/c16-15-13-11-9-7-5-3-1-2-4-6-8-10-12-14-15;1-2-3-4-5-6-7-8-9-10-11/h1-14H2;11H,2-10H2,1H3. The number of unbranched alkanes of at least 4 members (excludes halogenated alkanes) is 7. The highest BCUT2D eigenvalue weighted by Gasteiger charge is 2.02. The third-order valence-corrected chi connectivity index (χ3v) is 5.67. The van der Waals surface area contributed by atoms with Crippen molar-refractivity contribution in [2.24, 2.45) is 0 Å². The average Bonchev–Trinajstić information content (AvgIpc) is 2.68. The van der Waals surface area contributed by atoms with Gasteiger partial charge in [0.1, 0.15) is 5.78 Å². The Kier molecular flexibility index (Phi) is 23.3. The lowest BCUT2D eigenvalue weighted by Crippen LogP contribution is -1.97. The van der Waals surface area contributed by atoms with Gasteiger partial charge in [0.05, 0.1) is 0 Å². The summed E-state index contributed by atoms with van der Waals surface area (Å²) in [4.78, 5) is 11.5. The van der Waals surface area contributed by atoms with E-state index in [4.69, 9.17) is 5.11 Å². The number of carbonyl (C=O) groups excluding carboxylic acids is 1. The number of hydrogen-bond acceptors (Lipinski definition) is 2. The SMILES string of the molecule is CCCCCCCCCCO.O=C1CCCCCCCCCCCCCC1. The summed E-state index contributed by atoms with van der Waals surface area (Å²) in [6.45, 7) is 2.61. The molecule has 0 aromatic rings. The predicted molar refractivity (Wildman–Crippen MR) is 119 cm³/mol. The Hall–Kier alpha value is -0.370. The molecule has 162 valence electrons. The zero-order chi connectivity index (χ0) is 19.8. The summed E-state index contributed by atoms with van der Waals surface area (Å²) in [7, 11) is 0. The van der Waals surface area contributed by atoms with Gasteiger partial charge in [0.25, 0.3) is 0 Å². The highest BCUT2D eigenvalue weighted by atomic mass is 16.2. The molecule has 1 fully saturated rings. The van der Waals surface area contributed by atoms with E-state index in [9.17, 15) is 4.79 Å². The second kappa shape index (κ2) is 23.7. The van der Waals surface area contributed by atoms with Crippen LogP contribution in [0.5, 0.6) is 0 Å². The highest BCUT2D eigenvalue weighted by Crippen LogP contribution is 2.15. The summed E-state index contributed by atoms with van der Waals surface area (Å²) in [6.07, 6.45) is 28.0. The third kappa shape index (κ3) is 23.6. The molecule has 0 heterocycles. The van der Waals surface area contributed by atoms with Crippen LogP contribution in [0.3, 0.4) is 0 Å². The van der Waals surface area contributed by atoms with Crippen molar-refractivity contribution in [3.8, 4) is 0 Å². The van der Waals surface area contributed by atoms with E-state index in [1.165, 1.54) is 109 Å². The number of aliphatic hydroxyl groups excluding tert-OH is 1. The summed E-state index contributed by atoms with van der Waals surface area (Å²) in [5.41, 5.74) is 0. The van der Waals surface area contributed by atoms with Crippen molar-refractivity contribution in [1.29, 1.82) is 0 Å². The Balaban J connectivity index is 0.000000541. The van der Waals surface area contributed by atoms with Crippen molar-refractivity contribution in [3.63, 3.8) is 0 Å². The quantitative estimate of drug-likeness (QED) is 0.430. The van der Waals surface area contributed by atoms with Gasteiger partial charge in [-0.25, -0.2) is 0 Å². The Morgan fingerprint density at radius 3 is 1.26 bits per heavy atom.